The Morgan fingerprint density at radius 1 is 1.29 bits per heavy atom. The predicted octanol–water partition coefficient (Wildman–Crippen LogP) is 4.06. The monoisotopic (exact) mass is 486 g/mol. The van der Waals surface area contributed by atoms with Gasteiger partial charge in [0, 0.05) is 11.9 Å². The molecule has 1 atom stereocenters. The van der Waals surface area contributed by atoms with Crippen molar-refractivity contribution in [1.29, 1.82) is 0 Å². The van der Waals surface area contributed by atoms with Crippen LogP contribution in [0.25, 0.3) is 10.9 Å². The van der Waals surface area contributed by atoms with E-state index in [0.717, 1.165) is 12.1 Å². The van der Waals surface area contributed by atoms with Crippen LogP contribution in [0.5, 0.6) is 5.75 Å². The van der Waals surface area contributed by atoms with Gasteiger partial charge in [-0.1, -0.05) is 11.6 Å². The van der Waals surface area contributed by atoms with Crippen molar-refractivity contribution in [2.75, 3.05) is 18.1 Å². The lowest BCUT2D eigenvalue weighted by Crippen LogP contribution is -2.36. The molecule has 1 saturated heterocycles. The van der Waals surface area contributed by atoms with Gasteiger partial charge in [0.15, 0.2) is 9.84 Å². The minimum absolute atomic E-state index is 0.00267. The van der Waals surface area contributed by atoms with Crippen LogP contribution in [0.1, 0.15) is 28.9 Å². The number of rotatable bonds is 5. The van der Waals surface area contributed by atoms with E-state index >= 15 is 0 Å². The second-order valence-electron chi connectivity index (χ2n) is 7.07. The van der Waals surface area contributed by atoms with E-state index in [2.05, 4.69) is 15.0 Å². The number of ether oxygens (including phenoxy) is 1. The number of halogens is 6. The number of hydrogen-bond acceptors (Lipinski definition) is 5. The van der Waals surface area contributed by atoms with E-state index in [9.17, 15) is 35.2 Å². The summed E-state index contributed by atoms with van der Waals surface area (Å²) in [6, 6.07) is 2.23. The van der Waals surface area contributed by atoms with Crippen LogP contribution in [0.15, 0.2) is 18.2 Å². The summed E-state index contributed by atoms with van der Waals surface area (Å²) in [5, 5.41) is 1.83. The number of amides is 1. The fourth-order valence-corrected chi connectivity index (χ4v) is 5.39. The van der Waals surface area contributed by atoms with E-state index in [1.807, 2.05) is 0 Å². The lowest BCUT2D eigenvalue weighted by molar-refractivity contribution is -0.136. The van der Waals surface area contributed by atoms with Crippen LogP contribution in [0.2, 0.25) is 5.02 Å². The first-order valence-electron chi connectivity index (χ1n) is 9.00. The normalized spacial score (nSPS) is 18.9. The van der Waals surface area contributed by atoms with Crippen LogP contribution in [0.4, 0.5) is 22.0 Å². The number of alkyl halides is 5. The SMILES string of the molecule is O=C(NCC1CCCS(=O)(=O)C1)c1cc(Cl)c2cc(OC(F)F)cc(C(F)(F)F)c2n1. The number of hydrogen-bond donors (Lipinski definition) is 1. The van der Waals surface area contributed by atoms with Gasteiger partial charge in [-0.2, -0.15) is 22.0 Å². The second-order valence-corrected chi connectivity index (χ2v) is 9.70. The Kier molecular flexibility index (Phi) is 6.61. The molecule has 1 fully saturated rings. The highest BCUT2D eigenvalue weighted by Gasteiger charge is 2.35. The Bertz CT molecular complexity index is 1110. The smallest absolute Gasteiger partial charge is 0.418 e. The van der Waals surface area contributed by atoms with Gasteiger partial charge in [0.05, 0.1) is 27.6 Å². The Morgan fingerprint density at radius 2 is 2.00 bits per heavy atom. The van der Waals surface area contributed by atoms with Crippen LogP contribution >= 0.6 is 11.6 Å². The van der Waals surface area contributed by atoms with Crippen LogP contribution in [-0.4, -0.2) is 44.0 Å². The molecular weight excluding hydrogens is 471 g/mol. The topological polar surface area (TPSA) is 85.4 Å². The zero-order valence-corrected chi connectivity index (χ0v) is 17.3. The van der Waals surface area contributed by atoms with Gasteiger partial charge in [-0.3, -0.25) is 4.79 Å². The summed E-state index contributed by atoms with van der Waals surface area (Å²) >= 11 is 6.01. The number of sulfone groups is 1. The molecule has 0 spiro atoms. The molecule has 1 N–H and O–H groups in total. The Balaban J connectivity index is 1.92. The highest BCUT2D eigenvalue weighted by atomic mass is 35.5. The van der Waals surface area contributed by atoms with Crippen molar-refractivity contribution < 1.29 is 39.9 Å². The van der Waals surface area contributed by atoms with Crippen LogP contribution in [0.3, 0.4) is 0 Å². The fraction of sp³-hybridized carbons (Fsp3) is 0.444. The van der Waals surface area contributed by atoms with Crippen LogP contribution in [0, 0.1) is 5.92 Å². The van der Waals surface area contributed by atoms with Crippen molar-refractivity contribution in [2.45, 2.75) is 25.6 Å². The largest absolute Gasteiger partial charge is 0.435 e. The second kappa shape index (κ2) is 8.73. The Morgan fingerprint density at radius 3 is 2.61 bits per heavy atom. The molecule has 31 heavy (non-hydrogen) atoms. The number of pyridine rings is 1. The average molecular weight is 487 g/mol. The summed E-state index contributed by atoms with van der Waals surface area (Å²) in [6.07, 6.45) is -3.95. The van der Waals surface area contributed by atoms with Gasteiger partial charge in [-0.05, 0) is 37.0 Å². The van der Waals surface area contributed by atoms with Crippen LogP contribution < -0.4 is 10.1 Å². The molecule has 170 valence electrons. The number of nitrogens with one attached hydrogen (secondary N) is 1. The third-order valence-corrected chi connectivity index (χ3v) is 6.91. The maximum Gasteiger partial charge on any atom is 0.418 e. The fourth-order valence-electron chi connectivity index (χ4n) is 3.37. The molecule has 0 radical (unpaired) electrons. The molecule has 1 aromatic carbocycles. The molecule has 1 aromatic heterocycles. The number of nitrogens with zero attached hydrogens (tertiary/aromatic N) is 1. The summed E-state index contributed by atoms with van der Waals surface area (Å²) in [5.74, 6) is -1.93. The Labute approximate surface area is 178 Å². The predicted molar refractivity (Wildman–Crippen MR) is 102 cm³/mol. The first-order valence-corrected chi connectivity index (χ1v) is 11.2. The molecule has 2 heterocycles. The van der Waals surface area contributed by atoms with Crippen molar-refractivity contribution in [3.8, 4) is 5.75 Å². The molecule has 0 aliphatic carbocycles. The van der Waals surface area contributed by atoms with Crippen molar-refractivity contribution in [3.05, 3.63) is 34.5 Å². The minimum atomic E-state index is -4.98. The average Bonchev–Trinajstić information content (AvgIpc) is 2.64. The lowest BCUT2D eigenvalue weighted by atomic mass is 10.1. The molecule has 1 amide bonds. The molecule has 1 aliphatic rings. The molecule has 3 rings (SSSR count). The van der Waals surface area contributed by atoms with Gasteiger partial charge in [0.2, 0.25) is 0 Å². The molecule has 0 saturated carbocycles. The minimum Gasteiger partial charge on any atom is -0.435 e. The van der Waals surface area contributed by atoms with Gasteiger partial charge in [0.1, 0.15) is 11.4 Å². The maximum absolute atomic E-state index is 13.5. The first kappa shape index (κ1) is 23.5. The van der Waals surface area contributed by atoms with E-state index in [0.29, 0.717) is 18.9 Å². The molecule has 1 aliphatic heterocycles. The zero-order chi connectivity index (χ0) is 23.0. The molecule has 0 bridgehead atoms. The van der Waals surface area contributed by atoms with Crippen molar-refractivity contribution in [1.82, 2.24) is 10.3 Å². The Hall–Kier alpha value is -2.21. The zero-order valence-electron chi connectivity index (χ0n) is 15.7. The molecular formula is C18H16ClF5N2O4S. The molecule has 13 heteroatoms. The van der Waals surface area contributed by atoms with Gasteiger partial charge in [0.25, 0.3) is 5.91 Å². The summed E-state index contributed by atoms with van der Waals surface area (Å²) in [4.78, 5) is 16.2. The van der Waals surface area contributed by atoms with E-state index < -0.39 is 51.1 Å². The summed E-state index contributed by atoms with van der Waals surface area (Å²) in [6.45, 7) is -3.35. The standard InChI is InChI=1S/C18H16ClF5N2O4S/c19-13-6-14(16(27)25-7-9-2-1-3-31(28,29)8-9)26-15-11(13)4-10(30-17(20)21)5-12(15)18(22,23)24/h4-6,9,17H,1-3,7-8H2,(H,25,27). The van der Waals surface area contributed by atoms with Crippen LogP contribution in [-0.2, 0) is 16.0 Å². The molecule has 1 unspecified atom stereocenters. The lowest BCUT2D eigenvalue weighted by Gasteiger charge is -2.22. The third-order valence-electron chi connectivity index (χ3n) is 4.71. The summed E-state index contributed by atoms with van der Waals surface area (Å²) in [7, 11) is -3.19. The van der Waals surface area contributed by atoms with Gasteiger partial charge < -0.3 is 10.1 Å². The quantitative estimate of drug-likeness (QED) is 0.644. The van der Waals surface area contributed by atoms with E-state index in [1.165, 1.54) is 0 Å². The van der Waals surface area contributed by atoms with Gasteiger partial charge in [-0.25, -0.2) is 13.4 Å². The first-order chi connectivity index (χ1) is 14.4. The maximum atomic E-state index is 13.5. The number of carbonyl (C=O) groups is 1. The van der Waals surface area contributed by atoms with Gasteiger partial charge in [-0.15, -0.1) is 0 Å². The summed E-state index contributed by atoms with van der Waals surface area (Å²) in [5.41, 5.74) is -2.52. The number of carbonyl (C=O) groups excluding carboxylic acids is 1. The molecule has 6 nitrogen and oxygen atoms in total. The van der Waals surface area contributed by atoms with Crippen molar-refractivity contribution in [3.63, 3.8) is 0 Å². The van der Waals surface area contributed by atoms with E-state index in [4.69, 9.17) is 11.6 Å². The highest BCUT2D eigenvalue weighted by molar-refractivity contribution is 7.91. The number of benzene rings is 1. The third kappa shape index (κ3) is 5.73. The van der Waals surface area contributed by atoms with E-state index in [1.54, 1.807) is 0 Å². The van der Waals surface area contributed by atoms with E-state index in [-0.39, 0.29) is 34.4 Å². The highest BCUT2D eigenvalue weighted by Crippen LogP contribution is 2.39. The van der Waals surface area contributed by atoms with Crippen molar-refractivity contribution in [2.24, 2.45) is 5.92 Å². The molecule has 2 aromatic rings. The number of fused-ring (bicyclic) bond motifs is 1. The van der Waals surface area contributed by atoms with Crippen molar-refractivity contribution >= 4 is 38.2 Å². The summed E-state index contributed by atoms with van der Waals surface area (Å²) < 4.78 is 92.8. The van der Waals surface area contributed by atoms with Gasteiger partial charge >= 0.3 is 12.8 Å². The number of aromatic nitrogens is 1.